The maximum absolute atomic E-state index is 10.7. The number of aromatic nitrogens is 1. The van der Waals surface area contributed by atoms with E-state index in [1.807, 2.05) is 24.0 Å². The summed E-state index contributed by atoms with van der Waals surface area (Å²) in [5.41, 5.74) is 1.09. The Morgan fingerprint density at radius 2 is 2.33 bits per heavy atom. The molecule has 2 rings (SSSR count). The predicted octanol–water partition coefficient (Wildman–Crippen LogP) is 1.44. The first-order chi connectivity index (χ1) is 7.16. The first-order valence-electron chi connectivity index (χ1n) is 5.08. The van der Waals surface area contributed by atoms with Gasteiger partial charge in [-0.25, -0.2) is 4.98 Å². The number of carboxylic acids is 1. The highest BCUT2D eigenvalue weighted by molar-refractivity contribution is 5.73. The van der Waals surface area contributed by atoms with Gasteiger partial charge >= 0.3 is 5.97 Å². The maximum Gasteiger partial charge on any atom is 0.323 e. The summed E-state index contributed by atoms with van der Waals surface area (Å²) in [5.74, 6) is -0.0326. The lowest BCUT2D eigenvalue weighted by molar-refractivity contribution is -0.135. The molecule has 1 aliphatic carbocycles. The number of carbonyl (C=O) groups is 1. The molecule has 0 saturated heterocycles. The average molecular weight is 206 g/mol. The standard InChI is InChI=1S/C11H14N2O2/c1-8-2-5-10(12-6-8)13(7-11(14)15)9-3-4-9/h2,5-6,9H,3-4,7H2,1H3,(H,14,15). The van der Waals surface area contributed by atoms with Crippen molar-refractivity contribution in [3.8, 4) is 0 Å². The second-order valence-corrected chi connectivity index (χ2v) is 3.95. The molecule has 15 heavy (non-hydrogen) atoms. The van der Waals surface area contributed by atoms with Gasteiger partial charge in [-0.3, -0.25) is 4.79 Å². The number of rotatable bonds is 4. The van der Waals surface area contributed by atoms with E-state index >= 15 is 0 Å². The van der Waals surface area contributed by atoms with E-state index in [2.05, 4.69) is 4.98 Å². The van der Waals surface area contributed by atoms with E-state index in [9.17, 15) is 4.79 Å². The number of aryl methyl sites for hydroxylation is 1. The van der Waals surface area contributed by atoms with Crippen molar-refractivity contribution in [1.29, 1.82) is 0 Å². The lowest BCUT2D eigenvalue weighted by Crippen LogP contribution is -2.32. The van der Waals surface area contributed by atoms with Crippen LogP contribution < -0.4 is 4.90 Å². The van der Waals surface area contributed by atoms with Gasteiger partial charge < -0.3 is 10.0 Å². The third kappa shape index (κ3) is 2.46. The van der Waals surface area contributed by atoms with Gasteiger partial charge in [-0.2, -0.15) is 0 Å². The van der Waals surface area contributed by atoms with E-state index in [0.29, 0.717) is 6.04 Å². The Morgan fingerprint density at radius 3 is 2.80 bits per heavy atom. The van der Waals surface area contributed by atoms with Crippen LogP contribution in [-0.4, -0.2) is 28.6 Å². The molecule has 0 radical (unpaired) electrons. The molecule has 0 spiro atoms. The van der Waals surface area contributed by atoms with Crippen molar-refractivity contribution in [3.05, 3.63) is 23.9 Å². The zero-order valence-electron chi connectivity index (χ0n) is 8.68. The average Bonchev–Trinajstić information content (AvgIpc) is 2.99. The Labute approximate surface area is 88.6 Å². The minimum Gasteiger partial charge on any atom is -0.480 e. The summed E-state index contributed by atoms with van der Waals surface area (Å²) in [6, 6.07) is 4.21. The molecule has 0 unspecified atom stereocenters. The molecule has 0 aromatic carbocycles. The third-order valence-electron chi connectivity index (χ3n) is 2.48. The summed E-state index contributed by atoms with van der Waals surface area (Å²) in [5, 5.41) is 8.81. The molecule has 1 aliphatic rings. The van der Waals surface area contributed by atoms with Gasteiger partial charge in [-0.1, -0.05) is 6.07 Å². The largest absolute Gasteiger partial charge is 0.480 e. The van der Waals surface area contributed by atoms with E-state index in [1.165, 1.54) is 0 Å². The van der Waals surface area contributed by atoms with Gasteiger partial charge in [0, 0.05) is 12.2 Å². The van der Waals surface area contributed by atoms with E-state index in [-0.39, 0.29) is 6.54 Å². The minimum absolute atomic E-state index is 0.0424. The molecule has 0 amide bonds. The molecular weight excluding hydrogens is 192 g/mol. The first-order valence-corrected chi connectivity index (χ1v) is 5.08. The van der Waals surface area contributed by atoms with Crippen LogP contribution in [-0.2, 0) is 4.79 Å². The highest BCUT2D eigenvalue weighted by atomic mass is 16.4. The number of pyridine rings is 1. The van der Waals surface area contributed by atoms with Crippen molar-refractivity contribution < 1.29 is 9.90 Å². The van der Waals surface area contributed by atoms with Gasteiger partial charge in [0.1, 0.15) is 12.4 Å². The van der Waals surface area contributed by atoms with Crippen LogP contribution in [0.25, 0.3) is 0 Å². The lowest BCUT2D eigenvalue weighted by Gasteiger charge is -2.21. The fraction of sp³-hybridized carbons (Fsp3) is 0.455. The molecule has 1 aromatic heterocycles. The molecule has 0 aliphatic heterocycles. The normalized spacial score (nSPS) is 15.0. The molecule has 4 heteroatoms. The Morgan fingerprint density at radius 1 is 1.60 bits per heavy atom. The van der Waals surface area contributed by atoms with E-state index < -0.39 is 5.97 Å². The van der Waals surface area contributed by atoms with Gasteiger partial charge in [-0.15, -0.1) is 0 Å². The van der Waals surface area contributed by atoms with Crippen LogP contribution in [0.5, 0.6) is 0 Å². The van der Waals surface area contributed by atoms with Crippen molar-refractivity contribution in [1.82, 2.24) is 4.98 Å². The number of aliphatic carboxylic acids is 1. The number of anilines is 1. The summed E-state index contributed by atoms with van der Waals surface area (Å²) in [7, 11) is 0. The number of nitrogens with zero attached hydrogens (tertiary/aromatic N) is 2. The first kappa shape index (κ1) is 9.96. The van der Waals surface area contributed by atoms with Crippen molar-refractivity contribution >= 4 is 11.8 Å². The van der Waals surface area contributed by atoms with Crippen LogP contribution in [0, 0.1) is 6.92 Å². The zero-order chi connectivity index (χ0) is 10.8. The van der Waals surface area contributed by atoms with Crippen molar-refractivity contribution in [2.24, 2.45) is 0 Å². The van der Waals surface area contributed by atoms with Gasteiger partial charge in [0.25, 0.3) is 0 Å². The molecule has 1 heterocycles. The zero-order valence-corrected chi connectivity index (χ0v) is 8.68. The highest BCUT2D eigenvalue weighted by Gasteiger charge is 2.31. The molecule has 1 N–H and O–H groups in total. The Kier molecular flexibility index (Phi) is 2.58. The topological polar surface area (TPSA) is 53.4 Å². The van der Waals surface area contributed by atoms with Crippen LogP contribution >= 0.6 is 0 Å². The van der Waals surface area contributed by atoms with Crippen molar-refractivity contribution in [2.75, 3.05) is 11.4 Å². The molecular formula is C11H14N2O2. The summed E-state index contributed by atoms with van der Waals surface area (Å²) in [6.07, 6.45) is 3.91. The van der Waals surface area contributed by atoms with E-state index in [4.69, 9.17) is 5.11 Å². The minimum atomic E-state index is -0.802. The van der Waals surface area contributed by atoms with Crippen molar-refractivity contribution in [2.45, 2.75) is 25.8 Å². The smallest absolute Gasteiger partial charge is 0.323 e. The van der Waals surface area contributed by atoms with Gasteiger partial charge in [-0.05, 0) is 31.4 Å². The predicted molar refractivity (Wildman–Crippen MR) is 57.0 cm³/mol. The lowest BCUT2D eigenvalue weighted by atomic mass is 10.3. The Bertz CT molecular complexity index is 357. The molecule has 80 valence electrons. The quantitative estimate of drug-likeness (QED) is 0.810. The fourth-order valence-electron chi connectivity index (χ4n) is 1.56. The number of hydrogen-bond donors (Lipinski definition) is 1. The van der Waals surface area contributed by atoms with Crippen LogP contribution in [0.15, 0.2) is 18.3 Å². The number of hydrogen-bond acceptors (Lipinski definition) is 3. The second-order valence-electron chi connectivity index (χ2n) is 3.95. The van der Waals surface area contributed by atoms with E-state index in [1.54, 1.807) is 6.20 Å². The SMILES string of the molecule is Cc1ccc(N(CC(=O)O)C2CC2)nc1. The van der Waals surface area contributed by atoms with Crippen LogP contribution in [0.1, 0.15) is 18.4 Å². The summed E-state index contributed by atoms with van der Waals surface area (Å²) >= 11 is 0. The summed E-state index contributed by atoms with van der Waals surface area (Å²) in [6.45, 7) is 2.01. The molecule has 4 nitrogen and oxygen atoms in total. The maximum atomic E-state index is 10.7. The molecule has 0 atom stereocenters. The Balaban J connectivity index is 2.16. The van der Waals surface area contributed by atoms with Crippen LogP contribution in [0.4, 0.5) is 5.82 Å². The fourth-order valence-corrected chi connectivity index (χ4v) is 1.56. The van der Waals surface area contributed by atoms with Gasteiger partial charge in [0.15, 0.2) is 0 Å². The van der Waals surface area contributed by atoms with Crippen LogP contribution in [0.2, 0.25) is 0 Å². The number of carboxylic acid groups (broad SMARTS) is 1. The molecule has 1 saturated carbocycles. The molecule has 0 bridgehead atoms. The third-order valence-corrected chi connectivity index (χ3v) is 2.48. The molecule has 1 aromatic rings. The monoisotopic (exact) mass is 206 g/mol. The second kappa shape index (κ2) is 3.88. The van der Waals surface area contributed by atoms with Crippen molar-refractivity contribution in [3.63, 3.8) is 0 Å². The van der Waals surface area contributed by atoms with Gasteiger partial charge in [0.2, 0.25) is 0 Å². The summed E-state index contributed by atoms with van der Waals surface area (Å²) in [4.78, 5) is 16.8. The highest BCUT2D eigenvalue weighted by Crippen LogP contribution is 2.30. The van der Waals surface area contributed by atoms with Crippen LogP contribution in [0.3, 0.4) is 0 Å². The summed E-state index contributed by atoms with van der Waals surface area (Å²) < 4.78 is 0. The Hall–Kier alpha value is -1.58. The van der Waals surface area contributed by atoms with Gasteiger partial charge in [0.05, 0.1) is 0 Å². The van der Waals surface area contributed by atoms with E-state index in [0.717, 1.165) is 24.2 Å². The molecule has 1 fully saturated rings.